The summed E-state index contributed by atoms with van der Waals surface area (Å²) in [5.74, 6) is -3.09. The Bertz CT molecular complexity index is 687. The lowest BCUT2D eigenvalue weighted by Gasteiger charge is -2.11. The predicted octanol–water partition coefficient (Wildman–Crippen LogP) is 3.30. The lowest BCUT2D eigenvalue weighted by atomic mass is 10.1. The van der Waals surface area contributed by atoms with Crippen molar-refractivity contribution < 1.29 is 18.7 Å². The fourth-order valence-corrected chi connectivity index (χ4v) is 1.79. The molecule has 0 unspecified atom stereocenters. The van der Waals surface area contributed by atoms with Gasteiger partial charge in [-0.2, -0.15) is 0 Å². The molecule has 2 aromatic carbocycles. The minimum absolute atomic E-state index is 0.0462. The van der Waals surface area contributed by atoms with Gasteiger partial charge in [0.05, 0.1) is 5.56 Å². The first-order valence-electron chi connectivity index (χ1n) is 5.74. The van der Waals surface area contributed by atoms with E-state index < -0.39 is 17.6 Å². The number of aromatic carboxylic acids is 1. The van der Waals surface area contributed by atoms with Crippen LogP contribution in [-0.2, 0) is 0 Å². The highest BCUT2D eigenvalue weighted by Gasteiger charge is 2.12. The molecule has 0 spiro atoms. The number of carbonyl (C=O) groups is 1. The average Bonchev–Trinajstić information content (AvgIpc) is 2.37. The van der Waals surface area contributed by atoms with Crippen LogP contribution in [0.1, 0.15) is 15.9 Å². The van der Waals surface area contributed by atoms with Gasteiger partial charge in [0.25, 0.3) is 0 Å². The number of carboxylic acids is 1. The van der Waals surface area contributed by atoms with Crippen LogP contribution in [-0.4, -0.2) is 11.1 Å². The summed E-state index contributed by atoms with van der Waals surface area (Å²) < 4.78 is 25.9. The Balaban J connectivity index is 2.38. The van der Waals surface area contributed by atoms with Crippen molar-refractivity contribution in [3.63, 3.8) is 0 Å². The van der Waals surface area contributed by atoms with E-state index in [1.54, 1.807) is 13.0 Å². The molecule has 0 amide bonds. The Hall–Kier alpha value is -2.63. The molecule has 0 saturated carbocycles. The quantitative estimate of drug-likeness (QED) is 0.753. The fraction of sp³-hybridized carbons (Fsp3) is 0.0714. The molecule has 0 bridgehead atoms. The number of nitrogens with two attached hydrogens (primary N) is 1. The van der Waals surface area contributed by atoms with E-state index in [1.165, 1.54) is 12.1 Å². The van der Waals surface area contributed by atoms with Gasteiger partial charge in [-0.15, -0.1) is 0 Å². The molecule has 4 nitrogen and oxygen atoms in total. The van der Waals surface area contributed by atoms with Crippen molar-refractivity contribution in [1.82, 2.24) is 0 Å². The molecular weight excluding hydrogens is 266 g/mol. The third kappa shape index (κ3) is 2.69. The van der Waals surface area contributed by atoms with Crippen LogP contribution in [0.4, 0.5) is 25.8 Å². The van der Waals surface area contributed by atoms with Gasteiger partial charge in [-0.1, -0.05) is 0 Å². The molecule has 0 aromatic heterocycles. The standard InChI is InChI=1S/C14H12F2N2O2/c1-7-4-9(5-10(13(7)17)14(19)20)18-8-2-3-11(15)12(16)6-8/h2-6,18H,17H2,1H3,(H,19,20). The van der Waals surface area contributed by atoms with E-state index in [1.807, 2.05) is 0 Å². The third-order valence-electron chi connectivity index (χ3n) is 2.83. The normalized spacial score (nSPS) is 10.3. The van der Waals surface area contributed by atoms with Crippen molar-refractivity contribution in [3.8, 4) is 0 Å². The first kappa shape index (κ1) is 13.8. The minimum atomic E-state index is -1.15. The summed E-state index contributed by atoms with van der Waals surface area (Å²) in [5.41, 5.74) is 7.12. The second-order valence-electron chi connectivity index (χ2n) is 4.31. The Labute approximate surface area is 113 Å². The summed E-state index contributed by atoms with van der Waals surface area (Å²) in [4.78, 5) is 11.1. The second-order valence-corrected chi connectivity index (χ2v) is 4.31. The van der Waals surface area contributed by atoms with Crippen LogP contribution in [0.5, 0.6) is 0 Å². The Morgan fingerprint density at radius 1 is 1.15 bits per heavy atom. The summed E-state index contributed by atoms with van der Waals surface area (Å²) in [6.07, 6.45) is 0. The summed E-state index contributed by atoms with van der Waals surface area (Å²) in [6.45, 7) is 1.66. The molecule has 2 aromatic rings. The molecule has 0 aliphatic carbocycles. The van der Waals surface area contributed by atoms with Crippen molar-refractivity contribution in [2.24, 2.45) is 0 Å². The van der Waals surface area contributed by atoms with E-state index in [4.69, 9.17) is 10.8 Å². The maximum absolute atomic E-state index is 13.1. The molecule has 4 N–H and O–H groups in total. The molecule has 6 heteroatoms. The zero-order valence-electron chi connectivity index (χ0n) is 10.6. The lowest BCUT2D eigenvalue weighted by molar-refractivity contribution is 0.0698. The van der Waals surface area contributed by atoms with E-state index in [9.17, 15) is 13.6 Å². The molecular formula is C14H12F2N2O2. The summed E-state index contributed by atoms with van der Waals surface area (Å²) >= 11 is 0. The molecule has 0 saturated heterocycles. The molecule has 20 heavy (non-hydrogen) atoms. The lowest BCUT2D eigenvalue weighted by Crippen LogP contribution is -2.05. The van der Waals surface area contributed by atoms with Gasteiger partial charge in [0, 0.05) is 23.1 Å². The molecule has 0 aliphatic heterocycles. The van der Waals surface area contributed by atoms with Crippen LogP contribution < -0.4 is 11.1 Å². The monoisotopic (exact) mass is 278 g/mol. The number of hydrogen-bond donors (Lipinski definition) is 3. The molecule has 0 atom stereocenters. The van der Waals surface area contributed by atoms with E-state index in [2.05, 4.69) is 5.32 Å². The Kier molecular flexibility index (Phi) is 3.56. The summed E-state index contributed by atoms with van der Waals surface area (Å²) in [5, 5.41) is 11.9. The minimum Gasteiger partial charge on any atom is -0.478 e. The number of hydrogen-bond acceptors (Lipinski definition) is 3. The van der Waals surface area contributed by atoms with Gasteiger partial charge in [-0.25, -0.2) is 13.6 Å². The van der Waals surface area contributed by atoms with Crippen molar-refractivity contribution >= 4 is 23.0 Å². The number of rotatable bonds is 3. The van der Waals surface area contributed by atoms with Crippen LogP contribution in [0.25, 0.3) is 0 Å². The molecule has 2 rings (SSSR count). The number of carboxylic acid groups (broad SMARTS) is 1. The Morgan fingerprint density at radius 3 is 2.45 bits per heavy atom. The molecule has 104 valence electrons. The zero-order chi connectivity index (χ0) is 14.9. The molecule has 0 radical (unpaired) electrons. The van der Waals surface area contributed by atoms with Gasteiger partial charge in [-0.05, 0) is 36.8 Å². The van der Waals surface area contributed by atoms with Crippen LogP contribution >= 0.6 is 0 Å². The predicted molar refractivity (Wildman–Crippen MR) is 72.2 cm³/mol. The number of anilines is 3. The van der Waals surface area contributed by atoms with Gasteiger partial charge < -0.3 is 16.2 Å². The number of nitrogen functional groups attached to an aromatic ring is 1. The van der Waals surface area contributed by atoms with E-state index in [0.717, 1.165) is 12.1 Å². The van der Waals surface area contributed by atoms with E-state index in [-0.39, 0.29) is 11.3 Å². The highest BCUT2D eigenvalue weighted by atomic mass is 19.2. The topological polar surface area (TPSA) is 75.3 Å². The van der Waals surface area contributed by atoms with Crippen molar-refractivity contribution in [2.75, 3.05) is 11.1 Å². The number of aryl methyl sites for hydroxylation is 1. The van der Waals surface area contributed by atoms with Gasteiger partial charge in [0.15, 0.2) is 11.6 Å². The highest BCUT2D eigenvalue weighted by molar-refractivity contribution is 5.96. The first-order valence-corrected chi connectivity index (χ1v) is 5.74. The highest BCUT2D eigenvalue weighted by Crippen LogP contribution is 2.26. The van der Waals surface area contributed by atoms with Crippen LogP contribution in [0.3, 0.4) is 0 Å². The maximum Gasteiger partial charge on any atom is 0.337 e. The van der Waals surface area contributed by atoms with E-state index in [0.29, 0.717) is 16.9 Å². The van der Waals surface area contributed by atoms with Crippen molar-refractivity contribution in [3.05, 3.63) is 53.1 Å². The second kappa shape index (κ2) is 5.16. The average molecular weight is 278 g/mol. The molecule has 0 fully saturated rings. The maximum atomic E-state index is 13.1. The molecule has 0 heterocycles. The van der Waals surface area contributed by atoms with Crippen molar-refractivity contribution in [1.29, 1.82) is 0 Å². The number of benzene rings is 2. The summed E-state index contributed by atoms with van der Waals surface area (Å²) in [7, 11) is 0. The number of nitrogens with one attached hydrogen (secondary N) is 1. The fourth-order valence-electron chi connectivity index (χ4n) is 1.79. The third-order valence-corrected chi connectivity index (χ3v) is 2.83. The zero-order valence-corrected chi connectivity index (χ0v) is 10.6. The Morgan fingerprint density at radius 2 is 1.85 bits per heavy atom. The van der Waals surface area contributed by atoms with Gasteiger partial charge >= 0.3 is 5.97 Å². The molecule has 0 aliphatic rings. The van der Waals surface area contributed by atoms with Gasteiger partial charge in [0.2, 0.25) is 0 Å². The largest absolute Gasteiger partial charge is 0.478 e. The summed E-state index contributed by atoms with van der Waals surface area (Å²) in [6, 6.07) is 6.29. The van der Waals surface area contributed by atoms with Gasteiger partial charge in [0.1, 0.15) is 0 Å². The van der Waals surface area contributed by atoms with Gasteiger partial charge in [-0.3, -0.25) is 0 Å². The SMILES string of the molecule is Cc1cc(Nc2ccc(F)c(F)c2)cc(C(=O)O)c1N. The van der Waals surface area contributed by atoms with E-state index >= 15 is 0 Å². The van der Waals surface area contributed by atoms with Crippen molar-refractivity contribution in [2.45, 2.75) is 6.92 Å². The number of halogens is 2. The smallest absolute Gasteiger partial charge is 0.337 e. The van der Waals surface area contributed by atoms with Crippen LogP contribution in [0.2, 0.25) is 0 Å². The van der Waals surface area contributed by atoms with Crippen LogP contribution in [0, 0.1) is 18.6 Å². The van der Waals surface area contributed by atoms with Crippen LogP contribution in [0.15, 0.2) is 30.3 Å². The first-order chi connectivity index (χ1) is 9.38.